The molecule has 3 aliphatic heterocycles. The van der Waals surface area contributed by atoms with Crippen LogP contribution in [0.25, 0.3) is 41.4 Å². The fourth-order valence-electron chi connectivity index (χ4n) is 15.9. The van der Waals surface area contributed by atoms with Gasteiger partial charge in [0, 0.05) is 107 Å². The van der Waals surface area contributed by atoms with Crippen LogP contribution < -0.4 is 28.2 Å². The van der Waals surface area contributed by atoms with Gasteiger partial charge in [-0.15, -0.1) is 34.0 Å². The molecule has 0 aliphatic carbocycles. The number of halogens is 5. The van der Waals surface area contributed by atoms with E-state index in [-0.39, 0.29) is 88.3 Å². The van der Waals surface area contributed by atoms with Crippen LogP contribution in [-0.4, -0.2) is 149 Å². The van der Waals surface area contributed by atoms with E-state index in [2.05, 4.69) is 14.7 Å². The van der Waals surface area contributed by atoms with Crippen LogP contribution in [0.2, 0.25) is 0 Å². The highest BCUT2D eigenvalue weighted by atomic mass is 32.1. The Morgan fingerprint density at radius 1 is 0.441 bits per heavy atom. The number of ether oxygens (including phenoxy) is 5. The van der Waals surface area contributed by atoms with E-state index >= 15 is 0 Å². The molecule has 4 N–H and O–H groups in total. The van der Waals surface area contributed by atoms with Gasteiger partial charge in [0.1, 0.15) is 74.1 Å². The minimum atomic E-state index is -4.76. The molecular formula is C92H93F5N3O14PS3. The third kappa shape index (κ3) is 20.4. The first-order chi connectivity index (χ1) is 56.6. The van der Waals surface area contributed by atoms with E-state index in [4.69, 9.17) is 28.2 Å². The van der Waals surface area contributed by atoms with E-state index in [1.807, 2.05) is 108 Å². The molecule has 12 aromatic rings. The molecule has 3 saturated heterocycles. The van der Waals surface area contributed by atoms with Crippen molar-refractivity contribution in [3.63, 3.8) is 0 Å². The van der Waals surface area contributed by atoms with Crippen molar-refractivity contribution in [3.05, 3.63) is 245 Å². The second-order valence-corrected chi connectivity index (χ2v) is 34.5. The summed E-state index contributed by atoms with van der Waals surface area (Å²) in [6, 6.07) is 45.1. The molecule has 26 heteroatoms. The SMILES string of the molecule is Cc1cc(C)c(C(=O)c2sc3c(F)c(O)ccc3c2Oc2ccc(O[C@H]3CCN(CCCF)C3)cc2)c(C)c1.Cc1cc(C)c(C(=O)c2sc3cc(OP(=O)(O)O)ccc3c2Oc2ccc(O[C@H]3CCN(CCCF)C3)cc2)c(C)c1.Cc1cc(F)cc(C)c1C(=O)c1sc2cc(O)ccc2c1-c1ccc(O[C@H]2CCN(CCCF)C2)cc1. The Morgan fingerprint density at radius 3 is 1.26 bits per heavy atom. The second kappa shape index (κ2) is 37.9. The van der Waals surface area contributed by atoms with E-state index in [0.717, 1.165) is 150 Å². The monoisotopic (exact) mass is 1690 g/mol. The lowest BCUT2D eigenvalue weighted by Gasteiger charge is -2.16. The van der Waals surface area contributed by atoms with Crippen LogP contribution in [0, 0.1) is 67.0 Å². The summed E-state index contributed by atoms with van der Waals surface area (Å²) in [7, 11) is -4.76. The van der Waals surface area contributed by atoms with E-state index in [1.165, 1.54) is 53.0 Å². The summed E-state index contributed by atoms with van der Waals surface area (Å²) in [6.07, 6.45) is 4.42. The zero-order chi connectivity index (χ0) is 83.8. The fourth-order valence-corrected chi connectivity index (χ4v) is 19.7. The molecule has 0 radical (unpaired) electrons. The summed E-state index contributed by atoms with van der Waals surface area (Å²) in [5.41, 5.74) is 9.96. The zero-order valence-electron chi connectivity index (χ0n) is 66.7. The number of phosphoric acid groups is 1. The van der Waals surface area contributed by atoms with E-state index in [1.54, 1.807) is 74.5 Å². The van der Waals surface area contributed by atoms with Gasteiger partial charge >= 0.3 is 7.82 Å². The third-order valence-electron chi connectivity index (χ3n) is 21.0. The van der Waals surface area contributed by atoms with Gasteiger partial charge in [-0.05, 0) is 254 Å². The number of rotatable bonds is 28. The van der Waals surface area contributed by atoms with Crippen molar-refractivity contribution < 1.29 is 89.1 Å². The predicted molar refractivity (Wildman–Crippen MR) is 456 cm³/mol. The third-order valence-corrected chi connectivity index (χ3v) is 25.0. The number of hydrogen-bond acceptors (Lipinski definition) is 18. The molecule has 0 bridgehead atoms. The van der Waals surface area contributed by atoms with E-state index in [9.17, 15) is 60.9 Å². The van der Waals surface area contributed by atoms with Crippen LogP contribution in [0.5, 0.6) is 57.5 Å². The standard InChI is InChI=1S/C31H31F2NO4S.C31H33FNO7PS.C30H29F2NO3S/c1-18-15-19(2)26(20(3)16-18)28(36)31-29(24-9-10-25(35)27(33)30(24)39-31)38-22-7-5-21(6-8-22)37-23-11-14-34(17-23)13-4-12-32;1-19-15-20(2)28(21(3)16-19)29(34)31-30(26-10-9-24(17-27(26)42-31)40-41(35,36)37)39-23-7-5-22(6-8-23)38-25-11-14-33(18-25)13-4-12-32;1-18-14-21(32)15-19(2)27(18)29(35)30-28(25-9-6-22(34)16-26(25)37-30)20-4-7-23(8-5-20)36-24-10-13-33(17-24)12-3-11-31/h5-10,15-16,23,35H,4,11-14,17H2,1-3H3;5-10,15-17,25H,4,11-14,18H2,1-3H3,(H2,35,36,37);4-9,14-16,24,34H,3,10-13,17H2,1-2H3/t23-;25-;24-/m000/s1. The number of aromatic hydroxyl groups is 2. The number of fused-ring (bicyclic) bond motifs is 3. The van der Waals surface area contributed by atoms with E-state index in [0.29, 0.717) is 101 Å². The van der Waals surface area contributed by atoms with Crippen molar-refractivity contribution in [2.45, 2.75) is 112 Å². The van der Waals surface area contributed by atoms with Gasteiger partial charge in [0.15, 0.2) is 23.1 Å². The molecule has 3 fully saturated rings. The van der Waals surface area contributed by atoms with Crippen molar-refractivity contribution in [3.8, 4) is 68.6 Å². The zero-order valence-corrected chi connectivity index (χ0v) is 70.1. The van der Waals surface area contributed by atoms with Gasteiger partial charge < -0.3 is 38.4 Å². The molecule has 0 unspecified atom stereocenters. The average Bonchev–Trinajstić information content (AvgIpc) is 1.62. The molecule has 0 spiro atoms. The lowest BCUT2D eigenvalue weighted by molar-refractivity contribution is 0.103. The number of carbonyl (C=O) groups excluding carboxylic acids is 3. The van der Waals surface area contributed by atoms with Crippen molar-refractivity contribution in [2.75, 3.05) is 78.9 Å². The Balaban J connectivity index is 0.000000154. The highest BCUT2D eigenvalue weighted by molar-refractivity contribution is 7.46. The Labute approximate surface area is 694 Å². The summed E-state index contributed by atoms with van der Waals surface area (Å²) in [4.78, 5) is 68.0. The molecule has 3 atom stereocenters. The van der Waals surface area contributed by atoms with Gasteiger partial charge in [0.05, 0.1) is 29.6 Å². The number of likely N-dealkylation sites (tertiary alicyclic amines) is 3. The summed E-state index contributed by atoms with van der Waals surface area (Å²) in [6.45, 7) is 21.3. The number of carbonyl (C=O) groups is 3. The first kappa shape index (κ1) is 85.8. The maximum Gasteiger partial charge on any atom is 0.524 e. The first-order valence-corrected chi connectivity index (χ1v) is 43.2. The number of alkyl halides is 3. The lowest BCUT2D eigenvalue weighted by Crippen LogP contribution is -2.26. The minimum absolute atomic E-state index is 0.0120. The van der Waals surface area contributed by atoms with Crippen LogP contribution in [0.4, 0.5) is 22.0 Å². The van der Waals surface area contributed by atoms with E-state index < -0.39 is 19.4 Å². The van der Waals surface area contributed by atoms with Crippen LogP contribution in [0.3, 0.4) is 0 Å². The number of phosphoric ester groups is 1. The molecule has 6 heterocycles. The summed E-state index contributed by atoms with van der Waals surface area (Å²) in [5.74, 6) is 1.60. The van der Waals surface area contributed by atoms with Gasteiger partial charge in [-0.1, -0.05) is 47.5 Å². The molecule has 0 amide bonds. The molecule has 118 heavy (non-hydrogen) atoms. The van der Waals surface area contributed by atoms with Crippen molar-refractivity contribution >= 4 is 89.4 Å². The molecule has 3 aromatic heterocycles. The number of thiophene rings is 3. The van der Waals surface area contributed by atoms with Crippen LogP contribution in [0.15, 0.2) is 158 Å². The maximum atomic E-state index is 14.9. The predicted octanol–water partition coefficient (Wildman–Crippen LogP) is 21.7. The van der Waals surface area contributed by atoms with Gasteiger partial charge in [0.2, 0.25) is 17.3 Å². The summed E-state index contributed by atoms with van der Waals surface area (Å²) in [5, 5.41) is 21.9. The normalized spacial score (nSPS) is 15.8. The minimum Gasteiger partial charge on any atom is -0.508 e. The molecule has 15 rings (SSSR count). The quantitative estimate of drug-likeness (QED) is 0.0204. The second-order valence-electron chi connectivity index (χ2n) is 30.3. The topological polar surface area (TPSA) is 214 Å². The van der Waals surface area contributed by atoms with Gasteiger partial charge in [0.25, 0.3) is 0 Å². The van der Waals surface area contributed by atoms with Crippen molar-refractivity contribution in [1.29, 1.82) is 0 Å². The highest BCUT2D eigenvalue weighted by Gasteiger charge is 2.32. The number of phenols is 2. The molecule has 0 saturated carbocycles. The maximum absolute atomic E-state index is 14.9. The van der Waals surface area contributed by atoms with Crippen molar-refractivity contribution in [2.24, 2.45) is 0 Å². The Kier molecular flexibility index (Phi) is 27.6. The van der Waals surface area contributed by atoms with Gasteiger partial charge in [-0.2, -0.15) is 0 Å². The number of nitrogens with zero attached hydrogens (tertiary/aromatic N) is 3. The first-order valence-electron chi connectivity index (χ1n) is 39.2. The largest absolute Gasteiger partial charge is 0.524 e. The Hall–Kier alpha value is -10.1. The lowest BCUT2D eigenvalue weighted by atomic mass is 9.94. The number of hydrogen-bond donors (Lipinski definition) is 4. The van der Waals surface area contributed by atoms with Crippen molar-refractivity contribution in [1.82, 2.24) is 14.7 Å². The summed E-state index contributed by atoms with van der Waals surface area (Å²) < 4.78 is 115. The fraction of sp³-hybridized carbons (Fsp3) is 0.315. The van der Waals surface area contributed by atoms with Crippen LogP contribution >= 0.6 is 41.8 Å². The molecule has 618 valence electrons. The molecule has 17 nitrogen and oxygen atoms in total. The highest BCUT2D eigenvalue weighted by Crippen LogP contribution is 2.49. The number of ketones is 3. The average molecular weight is 1690 g/mol. The summed E-state index contributed by atoms with van der Waals surface area (Å²) >= 11 is 3.48. The number of benzene rings is 9. The molecular weight excluding hydrogens is 1590 g/mol. The molecule has 9 aromatic carbocycles. The Bertz CT molecular complexity index is 5650. The van der Waals surface area contributed by atoms with Gasteiger partial charge in [-0.25, -0.2) is 13.3 Å². The molecule has 3 aliphatic rings. The number of aryl methyl sites for hydroxylation is 8. The van der Waals surface area contributed by atoms with Crippen LogP contribution in [0.1, 0.15) is 129 Å². The van der Waals surface area contributed by atoms with Crippen LogP contribution in [-0.2, 0) is 4.57 Å². The van der Waals surface area contributed by atoms with Gasteiger partial charge in [-0.3, -0.25) is 52.0 Å². The Morgan fingerprint density at radius 2 is 0.814 bits per heavy atom. The number of phenolic OH excluding ortho intramolecular Hbond substituents is 2. The smallest absolute Gasteiger partial charge is 0.508 e.